The van der Waals surface area contributed by atoms with E-state index in [9.17, 15) is 16.8 Å². The Morgan fingerprint density at radius 3 is 0.778 bits per heavy atom. The van der Waals surface area contributed by atoms with E-state index in [4.69, 9.17) is 9.47 Å². The van der Waals surface area contributed by atoms with Gasteiger partial charge < -0.3 is 9.47 Å². The van der Waals surface area contributed by atoms with Gasteiger partial charge in [-0.2, -0.15) is 0 Å². The Bertz CT molecular complexity index is 1770. The van der Waals surface area contributed by atoms with Crippen LogP contribution in [0, 0.1) is 19.3 Å². The molecule has 5 aromatic rings. The highest BCUT2D eigenvalue weighted by Crippen LogP contribution is 2.30. The number of hydrogen-bond acceptors (Lipinski definition) is 6. The summed E-state index contributed by atoms with van der Waals surface area (Å²) < 4.78 is 63.2. The molecule has 0 saturated carbocycles. The van der Waals surface area contributed by atoms with Gasteiger partial charge in [0.2, 0.25) is 19.7 Å². The molecule has 0 radical (unpaired) electrons. The van der Waals surface area contributed by atoms with Gasteiger partial charge >= 0.3 is 0 Å². The van der Waals surface area contributed by atoms with Gasteiger partial charge in [0.1, 0.15) is 23.0 Å². The monoisotopic (exact) mass is 642 g/mol. The fourth-order valence-corrected chi connectivity index (χ4v) is 6.45. The second-order valence-corrected chi connectivity index (χ2v) is 16.2. The van der Waals surface area contributed by atoms with Crippen LogP contribution in [0.2, 0.25) is 0 Å². The minimum atomic E-state index is -3.61. The molecule has 234 valence electrons. The standard InChI is InChI=1S/C32H26O6S2.C5H12/c1-23-3-15-29(16-4-23)39(33,34)31-19-11-27(12-20-31)37-25-7-9-26(10-8-25)38-28-13-21-32(22-14-28)40(35,36)30-17-5-24(2)6-18-30;1-5(2,3)4/h3-22H,1-2H3;1-4H3. The van der Waals surface area contributed by atoms with E-state index in [1.54, 1.807) is 97.1 Å². The first kappa shape index (κ1) is 33.5. The second kappa shape index (κ2) is 13.7. The van der Waals surface area contributed by atoms with E-state index in [0.29, 0.717) is 28.4 Å². The van der Waals surface area contributed by atoms with E-state index in [0.717, 1.165) is 11.1 Å². The van der Waals surface area contributed by atoms with Gasteiger partial charge in [0.05, 0.1) is 19.6 Å². The first-order valence-electron chi connectivity index (χ1n) is 14.4. The maximum Gasteiger partial charge on any atom is 0.206 e. The molecule has 0 N–H and O–H groups in total. The van der Waals surface area contributed by atoms with Gasteiger partial charge in [0, 0.05) is 0 Å². The summed E-state index contributed by atoms with van der Waals surface area (Å²) in [7, 11) is -7.23. The number of ether oxygens (including phenoxy) is 2. The molecule has 0 bridgehead atoms. The highest BCUT2D eigenvalue weighted by molar-refractivity contribution is 7.91. The van der Waals surface area contributed by atoms with Gasteiger partial charge in [-0.15, -0.1) is 0 Å². The van der Waals surface area contributed by atoms with Gasteiger partial charge in [-0.25, -0.2) is 16.8 Å². The summed E-state index contributed by atoms with van der Waals surface area (Å²) in [5, 5.41) is 0. The second-order valence-electron chi connectivity index (χ2n) is 12.3. The van der Waals surface area contributed by atoms with Crippen LogP contribution in [-0.4, -0.2) is 16.8 Å². The lowest BCUT2D eigenvalue weighted by atomic mass is 10.0. The van der Waals surface area contributed by atoms with Crippen LogP contribution in [0.5, 0.6) is 23.0 Å². The molecule has 45 heavy (non-hydrogen) atoms. The molecule has 0 aliphatic rings. The Morgan fingerprint density at radius 2 is 0.556 bits per heavy atom. The highest BCUT2D eigenvalue weighted by Gasteiger charge is 2.18. The number of sulfone groups is 2. The van der Waals surface area contributed by atoms with Crippen LogP contribution in [0.25, 0.3) is 0 Å². The van der Waals surface area contributed by atoms with Crippen molar-refractivity contribution in [3.05, 3.63) is 132 Å². The summed E-state index contributed by atoms with van der Waals surface area (Å²) in [5.41, 5.74) is 2.47. The van der Waals surface area contributed by atoms with Gasteiger partial charge in [-0.3, -0.25) is 0 Å². The quantitative estimate of drug-likeness (QED) is 0.168. The third kappa shape index (κ3) is 9.30. The molecule has 0 spiro atoms. The SMILES string of the molecule is CC(C)(C)C.Cc1ccc(S(=O)(=O)c2ccc(Oc3ccc(Oc4ccc(S(=O)(=O)c5ccc(C)cc5)cc4)cc3)cc2)cc1. The molecule has 0 unspecified atom stereocenters. The van der Waals surface area contributed by atoms with Crippen LogP contribution < -0.4 is 9.47 Å². The summed E-state index contributed by atoms with van der Waals surface area (Å²) in [6.07, 6.45) is 0. The van der Waals surface area contributed by atoms with Gasteiger partial charge in [0.15, 0.2) is 0 Å². The van der Waals surface area contributed by atoms with Crippen molar-refractivity contribution in [3.8, 4) is 23.0 Å². The lowest BCUT2D eigenvalue weighted by Gasteiger charge is -2.10. The zero-order valence-corrected chi connectivity index (χ0v) is 27.9. The summed E-state index contributed by atoms with van der Waals surface area (Å²) in [5.74, 6) is 2.06. The highest BCUT2D eigenvalue weighted by atomic mass is 32.2. The van der Waals surface area contributed by atoms with E-state index >= 15 is 0 Å². The van der Waals surface area contributed by atoms with Crippen LogP contribution in [0.1, 0.15) is 38.8 Å². The minimum Gasteiger partial charge on any atom is -0.457 e. The summed E-state index contributed by atoms with van der Waals surface area (Å²) >= 11 is 0. The van der Waals surface area contributed by atoms with E-state index in [-0.39, 0.29) is 19.6 Å². The van der Waals surface area contributed by atoms with Crippen LogP contribution in [0.4, 0.5) is 0 Å². The molecule has 6 nitrogen and oxygen atoms in total. The first-order chi connectivity index (χ1) is 21.1. The van der Waals surface area contributed by atoms with E-state index < -0.39 is 19.7 Å². The maximum atomic E-state index is 12.9. The van der Waals surface area contributed by atoms with Crippen molar-refractivity contribution in [2.45, 2.75) is 61.1 Å². The zero-order valence-electron chi connectivity index (χ0n) is 26.3. The predicted molar refractivity (Wildman–Crippen MR) is 178 cm³/mol. The molecule has 0 saturated heterocycles. The van der Waals surface area contributed by atoms with E-state index in [1.165, 1.54) is 24.3 Å². The van der Waals surface area contributed by atoms with E-state index in [1.807, 2.05) is 13.8 Å². The number of rotatable bonds is 8. The molecular formula is C37H38O6S2. The minimum absolute atomic E-state index is 0.185. The lowest BCUT2D eigenvalue weighted by Crippen LogP contribution is -2.01. The Labute approximate surface area is 267 Å². The molecule has 0 aliphatic heterocycles. The smallest absolute Gasteiger partial charge is 0.206 e. The largest absolute Gasteiger partial charge is 0.457 e. The fourth-order valence-electron chi connectivity index (χ4n) is 3.93. The van der Waals surface area contributed by atoms with Crippen LogP contribution in [0.15, 0.2) is 141 Å². The number of aryl methyl sites for hydroxylation is 2. The fraction of sp³-hybridized carbons (Fsp3) is 0.189. The Balaban J connectivity index is 0.000000854. The molecule has 8 heteroatoms. The van der Waals surface area contributed by atoms with Gasteiger partial charge in [0.25, 0.3) is 0 Å². The van der Waals surface area contributed by atoms with Crippen LogP contribution in [-0.2, 0) is 19.7 Å². The lowest BCUT2D eigenvalue weighted by molar-refractivity contribution is 0.469. The van der Waals surface area contributed by atoms with Gasteiger partial charge in [-0.05, 0) is 116 Å². The molecule has 0 fully saturated rings. The normalized spacial score (nSPS) is 11.7. The van der Waals surface area contributed by atoms with Crippen LogP contribution in [0.3, 0.4) is 0 Å². The average Bonchev–Trinajstić information content (AvgIpc) is 2.98. The summed E-state index contributed by atoms with van der Waals surface area (Å²) in [4.78, 5) is 0.852. The Hall–Kier alpha value is -4.40. The third-order valence-corrected chi connectivity index (χ3v) is 9.80. The third-order valence-electron chi connectivity index (χ3n) is 6.23. The van der Waals surface area contributed by atoms with Gasteiger partial charge in [-0.1, -0.05) is 63.1 Å². The van der Waals surface area contributed by atoms with Crippen molar-refractivity contribution >= 4 is 19.7 Å². The maximum absolute atomic E-state index is 12.9. The molecule has 0 amide bonds. The van der Waals surface area contributed by atoms with Crippen molar-refractivity contribution in [2.75, 3.05) is 0 Å². The van der Waals surface area contributed by atoms with Crippen molar-refractivity contribution < 1.29 is 26.3 Å². The van der Waals surface area contributed by atoms with Crippen molar-refractivity contribution in [1.82, 2.24) is 0 Å². The van der Waals surface area contributed by atoms with E-state index in [2.05, 4.69) is 27.7 Å². The summed E-state index contributed by atoms with van der Waals surface area (Å²) in [6, 6.07) is 32.9. The molecule has 0 heterocycles. The molecule has 5 aromatic carbocycles. The van der Waals surface area contributed by atoms with Crippen LogP contribution >= 0.6 is 0 Å². The first-order valence-corrected chi connectivity index (χ1v) is 17.4. The molecule has 0 aromatic heterocycles. The molecule has 0 aliphatic carbocycles. The Kier molecular flexibility index (Phi) is 10.2. The molecular weight excluding hydrogens is 605 g/mol. The van der Waals surface area contributed by atoms with Crippen molar-refractivity contribution in [3.63, 3.8) is 0 Å². The topological polar surface area (TPSA) is 86.7 Å². The molecule has 5 rings (SSSR count). The van der Waals surface area contributed by atoms with Crippen molar-refractivity contribution in [1.29, 1.82) is 0 Å². The molecule has 0 atom stereocenters. The summed E-state index contributed by atoms with van der Waals surface area (Å²) in [6.45, 7) is 12.6. The zero-order chi connectivity index (χ0) is 32.8. The average molecular weight is 643 g/mol. The number of hydrogen-bond donors (Lipinski definition) is 0. The van der Waals surface area contributed by atoms with Crippen molar-refractivity contribution in [2.24, 2.45) is 5.41 Å². The Morgan fingerprint density at radius 1 is 0.378 bits per heavy atom. The number of benzene rings is 5. The predicted octanol–water partition coefficient (Wildman–Crippen LogP) is 9.61.